The number of nitrogens with zero attached hydrogens (tertiary/aromatic N) is 1. The number of carboxylic acids is 1. The summed E-state index contributed by atoms with van der Waals surface area (Å²) in [6.07, 6.45) is 1.36. The number of rotatable bonds is 7. The van der Waals surface area contributed by atoms with Crippen molar-refractivity contribution in [1.29, 1.82) is 0 Å². The second-order valence-corrected chi connectivity index (χ2v) is 5.79. The lowest BCUT2D eigenvalue weighted by Gasteiger charge is -2.25. The fraction of sp³-hybridized carbons (Fsp3) is 0.571. The van der Waals surface area contributed by atoms with Gasteiger partial charge in [-0.2, -0.15) is 0 Å². The smallest absolute Gasteiger partial charge is 0.317 e. The molecule has 2 amide bonds. The van der Waals surface area contributed by atoms with Crippen LogP contribution in [-0.2, 0) is 4.79 Å². The molecule has 20 heavy (non-hydrogen) atoms. The SMILES string of the molecule is CCCC(CNC(=O)N(C)C(C)c1cccs1)C(=O)O. The van der Waals surface area contributed by atoms with Gasteiger partial charge < -0.3 is 15.3 Å². The summed E-state index contributed by atoms with van der Waals surface area (Å²) in [5, 5.41) is 13.7. The van der Waals surface area contributed by atoms with E-state index >= 15 is 0 Å². The first-order valence-electron chi connectivity index (χ1n) is 6.74. The maximum Gasteiger partial charge on any atom is 0.317 e. The maximum atomic E-state index is 12.0. The van der Waals surface area contributed by atoms with Crippen LogP contribution in [0.25, 0.3) is 0 Å². The fourth-order valence-corrected chi connectivity index (χ4v) is 2.72. The van der Waals surface area contributed by atoms with E-state index < -0.39 is 11.9 Å². The normalized spacial score (nSPS) is 13.6. The van der Waals surface area contributed by atoms with Crippen LogP contribution in [0.1, 0.15) is 37.6 Å². The number of carboxylic acid groups (broad SMARTS) is 1. The highest BCUT2D eigenvalue weighted by molar-refractivity contribution is 7.10. The highest BCUT2D eigenvalue weighted by Crippen LogP contribution is 2.23. The average Bonchev–Trinajstić information content (AvgIpc) is 2.95. The van der Waals surface area contributed by atoms with Crippen molar-refractivity contribution < 1.29 is 14.7 Å². The molecular formula is C14H22N2O3S. The van der Waals surface area contributed by atoms with E-state index in [2.05, 4.69) is 5.32 Å². The van der Waals surface area contributed by atoms with Gasteiger partial charge in [0.15, 0.2) is 0 Å². The van der Waals surface area contributed by atoms with Crippen molar-refractivity contribution in [2.75, 3.05) is 13.6 Å². The minimum Gasteiger partial charge on any atom is -0.481 e. The van der Waals surface area contributed by atoms with Crippen LogP contribution in [0.2, 0.25) is 0 Å². The van der Waals surface area contributed by atoms with Crippen molar-refractivity contribution in [2.45, 2.75) is 32.7 Å². The number of hydrogen-bond donors (Lipinski definition) is 2. The molecule has 0 aliphatic heterocycles. The topological polar surface area (TPSA) is 69.6 Å². The molecule has 0 bridgehead atoms. The Morgan fingerprint density at radius 3 is 2.70 bits per heavy atom. The third-order valence-electron chi connectivity index (χ3n) is 3.34. The summed E-state index contributed by atoms with van der Waals surface area (Å²) in [6.45, 7) is 4.05. The zero-order valence-corrected chi connectivity index (χ0v) is 12.9. The number of urea groups is 1. The van der Waals surface area contributed by atoms with Gasteiger partial charge in [0.1, 0.15) is 0 Å². The molecule has 1 aromatic rings. The van der Waals surface area contributed by atoms with Crippen molar-refractivity contribution in [3.63, 3.8) is 0 Å². The number of thiophene rings is 1. The van der Waals surface area contributed by atoms with E-state index in [1.54, 1.807) is 23.3 Å². The first-order chi connectivity index (χ1) is 9.47. The molecule has 112 valence electrons. The van der Waals surface area contributed by atoms with Gasteiger partial charge in [0.25, 0.3) is 0 Å². The van der Waals surface area contributed by atoms with Gasteiger partial charge in [0.2, 0.25) is 0 Å². The van der Waals surface area contributed by atoms with Crippen LogP contribution in [0, 0.1) is 5.92 Å². The van der Waals surface area contributed by atoms with Gasteiger partial charge in [-0.25, -0.2) is 4.79 Å². The number of hydrogen-bond acceptors (Lipinski definition) is 3. The summed E-state index contributed by atoms with van der Waals surface area (Å²) in [6, 6.07) is 3.66. The summed E-state index contributed by atoms with van der Waals surface area (Å²) >= 11 is 1.60. The molecule has 1 heterocycles. The lowest BCUT2D eigenvalue weighted by atomic mass is 10.0. The van der Waals surface area contributed by atoms with Gasteiger partial charge >= 0.3 is 12.0 Å². The maximum absolute atomic E-state index is 12.0. The van der Waals surface area contributed by atoms with Crippen molar-refractivity contribution in [2.24, 2.45) is 5.92 Å². The van der Waals surface area contributed by atoms with E-state index in [-0.39, 0.29) is 18.6 Å². The van der Waals surface area contributed by atoms with Crippen molar-refractivity contribution in [3.8, 4) is 0 Å². The Labute approximate surface area is 123 Å². The Hall–Kier alpha value is -1.56. The van der Waals surface area contributed by atoms with Crippen LogP contribution in [0.15, 0.2) is 17.5 Å². The molecule has 1 aromatic heterocycles. The Kier molecular flexibility index (Phi) is 6.51. The number of carbonyl (C=O) groups excluding carboxylic acids is 1. The summed E-state index contributed by atoms with van der Waals surface area (Å²) < 4.78 is 0. The molecule has 0 saturated heterocycles. The highest BCUT2D eigenvalue weighted by atomic mass is 32.1. The number of nitrogens with one attached hydrogen (secondary N) is 1. The van der Waals surface area contributed by atoms with E-state index in [0.717, 1.165) is 11.3 Å². The molecule has 0 aliphatic rings. The number of aliphatic carboxylic acids is 1. The molecule has 2 N–H and O–H groups in total. The van der Waals surface area contributed by atoms with E-state index in [1.165, 1.54) is 0 Å². The van der Waals surface area contributed by atoms with E-state index in [4.69, 9.17) is 5.11 Å². The molecule has 0 fully saturated rings. The third-order valence-corrected chi connectivity index (χ3v) is 4.38. The Morgan fingerprint density at radius 2 is 2.20 bits per heavy atom. The van der Waals surface area contributed by atoms with E-state index in [9.17, 15) is 9.59 Å². The van der Waals surface area contributed by atoms with Crippen molar-refractivity contribution in [1.82, 2.24) is 10.2 Å². The average molecular weight is 298 g/mol. The van der Waals surface area contributed by atoms with Crippen LogP contribution >= 0.6 is 11.3 Å². The molecule has 0 saturated carbocycles. The van der Waals surface area contributed by atoms with Crippen LogP contribution in [-0.4, -0.2) is 35.6 Å². The fourth-order valence-electron chi connectivity index (χ4n) is 1.89. The van der Waals surface area contributed by atoms with Gasteiger partial charge in [-0.3, -0.25) is 4.79 Å². The van der Waals surface area contributed by atoms with Gasteiger partial charge in [-0.05, 0) is 24.8 Å². The lowest BCUT2D eigenvalue weighted by Crippen LogP contribution is -2.41. The molecule has 0 spiro atoms. The van der Waals surface area contributed by atoms with Crippen molar-refractivity contribution >= 4 is 23.3 Å². The predicted molar refractivity (Wildman–Crippen MR) is 79.9 cm³/mol. The zero-order valence-electron chi connectivity index (χ0n) is 12.1. The summed E-state index contributed by atoms with van der Waals surface area (Å²) in [5.74, 6) is -1.38. The van der Waals surface area contributed by atoms with Gasteiger partial charge in [-0.1, -0.05) is 19.4 Å². The first kappa shape index (κ1) is 16.5. The number of amides is 2. The second-order valence-electron chi connectivity index (χ2n) is 4.81. The van der Waals surface area contributed by atoms with Gasteiger partial charge in [-0.15, -0.1) is 11.3 Å². The van der Waals surface area contributed by atoms with Gasteiger partial charge in [0, 0.05) is 18.5 Å². The van der Waals surface area contributed by atoms with Crippen LogP contribution in [0.5, 0.6) is 0 Å². The Morgan fingerprint density at radius 1 is 1.50 bits per heavy atom. The molecule has 6 heteroatoms. The molecule has 5 nitrogen and oxygen atoms in total. The Bertz CT molecular complexity index is 434. The third kappa shape index (κ3) is 4.52. The predicted octanol–water partition coefficient (Wildman–Crippen LogP) is 2.95. The largest absolute Gasteiger partial charge is 0.481 e. The molecule has 0 radical (unpaired) electrons. The minimum absolute atomic E-state index is 0.0237. The Balaban J connectivity index is 2.51. The van der Waals surface area contributed by atoms with E-state index in [0.29, 0.717) is 6.42 Å². The first-order valence-corrected chi connectivity index (χ1v) is 7.62. The van der Waals surface area contributed by atoms with Gasteiger partial charge in [0.05, 0.1) is 12.0 Å². The van der Waals surface area contributed by atoms with E-state index in [1.807, 2.05) is 31.4 Å². The monoisotopic (exact) mass is 298 g/mol. The number of carbonyl (C=O) groups is 2. The summed E-state index contributed by atoms with van der Waals surface area (Å²) in [4.78, 5) is 25.8. The minimum atomic E-state index is -0.860. The van der Waals surface area contributed by atoms with Crippen LogP contribution in [0.4, 0.5) is 4.79 Å². The zero-order chi connectivity index (χ0) is 15.1. The molecule has 0 aliphatic carbocycles. The summed E-state index contributed by atoms with van der Waals surface area (Å²) in [7, 11) is 1.72. The van der Waals surface area contributed by atoms with Crippen molar-refractivity contribution in [3.05, 3.63) is 22.4 Å². The molecule has 1 rings (SSSR count). The standard InChI is InChI=1S/C14H22N2O3S/c1-4-6-11(13(17)18)9-15-14(19)16(3)10(2)12-7-5-8-20-12/h5,7-8,10-11H,4,6,9H2,1-3H3,(H,15,19)(H,17,18). The molecule has 2 unspecified atom stereocenters. The second kappa shape index (κ2) is 7.89. The highest BCUT2D eigenvalue weighted by Gasteiger charge is 2.21. The molecule has 2 atom stereocenters. The summed E-state index contributed by atoms with van der Waals surface area (Å²) in [5.41, 5.74) is 0. The van der Waals surface area contributed by atoms with Crippen LogP contribution in [0.3, 0.4) is 0 Å². The quantitative estimate of drug-likeness (QED) is 0.813. The molecule has 0 aromatic carbocycles. The molecular weight excluding hydrogens is 276 g/mol. The van der Waals surface area contributed by atoms with Crippen LogP contribution < -0.4 is 5.32 Å². The lowest BCUT2D eigenvalue weighted by molar-refractivity contribution is -0.141.